The summed E-state index contributed by atoms with van der Waals surface area (Å²) in [6.45, 7) is 6.29. The molecule has 1 aliphatic rings. The molecule has 2 nitrogen and oxygen atoms in total. The summed E-state index contributed by atoms with van der Waals surface area (Å²) in [7, 11) is -1.91. The molecule has 0 heterocycles. The lowest BCUT2D eigenvalue weighted by Crippen LogP contribution is -2.33. The number of allylic oxidation sites excluding steroid dienone is 4. The summed E-state index contributed by atoms with van der Waals surface area (Å²) >= 11 is 0. The lowest BCUT2D eigenvalue weighted by molar-refractivity contribution is -0.113. The number of carbonyl (C=O) groups excluding carboxylic acids is 2. The molecule has 0 saturated heterocycles. The van der Waals surface area contributed by atoms with Gasteiger partial charge >= 0.3 is 0 Å². The van der Waals surface area contributed by atoms with E-state index in [9.17, 15) is 9.59 Å². The molecule has 0 saturated carbocycles. The molecule has 0 spiro atoms. The van der Waals surface area contributed by atoms with E-state index in [1.807, 2.05) is 60.7 Å². The molecule has 2 aromatic carbocycles. The van der Waals surface area contributed by atoms with Gasteiger partial charge in [0.15, 0.2) is 11.6 Å². The Labute approximate surface area is 143 Å². The highest BCUT2D eigenvalue weighted by Gasteiger charge is 2.35. The van der Waals surface area contributed by atoms with Crippen LogP contribution in [0.3, 0.4) is 0 Å². The van der Waals surface area contributed by atoms with Crippen LogP contribution in [-0.4, -0.2) is 19.6 Å². The van der Waals surface area contributed by atoms with Crippen LogP contribution in [0.25, 0.3) is 11.1 Å². The topological polar surface area (TPSA) is 34.1 Å². The molecule has 0 amide bonds. The molecule has 0 aliphatic heterocycles. The van der Waals surface area contributed by atoms with Gasteiger partial charge in [0.05, 0.1) is 8.07 Å². The van der Waals surface area contributed by atoms with E-state index >= 15 is 0 Å². The normalized spacial score (nSPS) is 15.5. The van der Waals surface area contributed by atoms with Crippen LogP contribution < -0.4 is 0 Å². The minimum Gasteiger partial charge on any atom is -0.289 e. The molecule has 0 atom stereocenters. The van der Waals surface area contributed by atoms with Crippen molar-refractivity contribution < 1.29 is 9.59 Å². The Morgan fingerprint density at radius 3 is 1.58 bits per heavy atom. The van der Waals surface area contributed by atoms with E-state index in [1.165, 1.54) is 0 Å². The van der Waals surface area contributed by atoms with Gasteiger partial charge in [0.25, 0.3) is 0 Å². The molecule has 0 radical (unpaired) electrons. The summed E-state index contributed by atoms with van der Waals surface area (Å²) < 4.78 is 0. The lowest BCUT2D eigenvalue weighted by atomic mass is 9.85. The summed E-state index contributed by atoms with van der Waals surface area (Å²) in [5.41, 5.74) is 2.64. The van der Waals surface area contributed by atoms with Crippen molar-refractivity contribution in [2.75, 3.05) is 0 Å². The van der Waals surface area contributed by atoms with Gasteiger partial charge in [0, 0.05) is 11.1 Å². The SMILES string of the molecule is C[Si](C)(C)C1=CC(=O)C(c2ccccc2)=C(c2ccccc2)C1=O. The minimum atomic E-state index is -1.91. The predicted octanol–water partition coefficient (Wildman–Crippen LogP) is 4.55. The maximum Gasteiger partial charge on any atom is 0.187 e. The Kier molecular flexibility index (Phi) is 4.20. The lowest BCUT2D eigenvalue weighted by Gasteiger charge is -2.26. The molecule has 3 rings (SSSR count). The van der Waals surface area contributed by atoms with Crippen LogP contribution in [0.15, 0.2) is 71.9 Å². The average Bonchev–Trinajstić information content (AvgIpc) is 2.57. The number of rotatable bonds is 3. The fraction of sp³-hybridized carbons (Fsp3) is 0.143. The molecule has 120 valence electrons. The summed E-state index contributed by atoms with van der Waals surface area (Å²) in [4.78, 5) is 26.2. The van der Waals surface area contributed by atoms with Gasteiger partial charge in [-0.15, -0.1) is 0 Å². The second kappa shape index (κ2) is 6.17. The Bertz CT molecular complexity index is 854. The predicted molar refractivity (Wildman–Crippen MR) is 101 cm³/mol. The maximum absolute atomic E-state index is 13.3. The van der Waals surface area contributed by atoms with Crippen molar-refractivity contribution in [3.05, 3.63) is 83.1 Å². The molecule has 0 aromatic heterocycles. The highest BCUT2D eigenvalue weighted by atomic mass is 28.3. The summed E-state index contributed by atoms with van der Waals surface area (Å²) in [5.74, 6) is -0.0732. The number of hydrogen-bond acceptors (Lipinski definition) is 2. The van der Waals surface area contributed by atoms with Crippen molar-refractivity contribution in [1.29, 1.82) is 0 Å². The molecule has 0 fully saturated rings. The number of hydrogen-bond donors (Lipinski definition) is 0. The van der Waals surface area contributed by atoms with Crippen molar-refractivity contribution in [1.82, 2.24) is 0 Å². The van der Waals surface area contributed by atoms with Crippen LogP contribution in [-0.2, 0) is 9.59 Å². The van der Waals surface area contributed by atoms with Gasteiger partial charge in [0.1, 0.15) is 0 Å². The van der Waals surface area contributed by atoms with Crippen LogP contribution in [0.4, 0.5) is 0 Å². The van der Waals surface area contributed by atoms with Gasteiger partial charge in [-0.05, 0) is 22.4 Å². The average molecular weight is 332 g/mol. The van der Waals surface area contributed by atoms with Gasteiger partial charge in [-0.3, -0.25) is 9.59 Å². The zero-order valence-corrected chi connectivity index (χ0v) is 15.2. The van der Waals surface area contributed by atoms with E-state index in [4.69, 9.17) is 0 Å². The second-order valence-electron chi connectivity index (χ2n) is 6.98. The standard InChI is InChI=1S/C21H20O2Si/c1-24(2,3)18-14-17(22)19(15-10-6-4-7-11-15)20(21(18)23)16-12-8-5-9-13-16/h4-14H,1-3H3. The molecule has 1 aliphatic carbocycles. The third kappa shape index (κ3) is 2.95. The molecule has 2 aromatic rings. The van der Waals surface area contributed by atoms with Gasteiger partial charge in [-0.1, -0.05) is 80.3 Å². The van der Waals surface area contributed by atoms with Gasteiger partial charge in [0.2, 0.25) is 0 Å². The van der Waals surface area contributed by atoms with E-state index < -0.39 is 8.07 Å². The molecule has 0 N–H and O–H groups in total. The van der Waals surface area contributed by atoms with Crippen LogP contribution in [0, 0.1) is 0 Å². The van der Waals surface area contributed by atoms with Crippen LogP contribution in [0.1, 0.15) is 11.1 Å². The first-order valence-electron chi connectivity index (χ1n) is 8.06. The zero-order chi connectivity index (χ0) is 17.3. The highest BCUT2D eigenvalue weighted by molar-refractivity contribution is 6.90. The fourth-order valence-electron chi connectivity index (χ4n) is 2.97. The number of Topliss-reactive ketones (excluding diaryl/α,β-unsaturated/α-hetero) is 1. The Morgan fingerprint density at radius 1 is 0.667 bits per heavy atom. The molecular formula is C21H20O2Si. The van der Waals surface area contributed by atoms with Crippen molar-refractivity contribution in [2.24, 2.45) is 0 Å². The van der Waals surface area contributed by atoms with Crippen LogP contribution >= 0.6 is 0 Å². The third-order valence-electron chi connectivity index (χ3n) is 4.18. The van der Waals surface area contributed by atoms with Crippen molar-refractivity contribution in [3.8, 4) is 0 Å². The Morgan fingerprint density at radius 2 is 1.12 bits per heavy atom. The molecule has 3 heteroatoms. The Balaban J connectivity index is 2.28. The van der Waals surface area contributed by atoms with Crippen LogP contribution in [0.2, 0.25) is 19.6 Å². The second-order valence-corrected chi connectivity index (χ2v) is 12.0. The quantitative estimate of drug-likeness (QED) is 0.610. The van der Waals surface area contributed by atoms with E-state index in [-0.39, 0.29) is 11.6 Å². The van der Waals surface area contributed by atoms with Gasteiger partial charge < -0.3 is 0 Å². The number of ketones is 2. The van der Waals surface area contributed by atoms with Gasteiger partial charge in [-0.25, -0.2) is 0 Å². The first-order chi connectivity index (χ1) is 11.4. The van der Waals surface area contributed by atoms with Crippen molar-refractivity contribution >= 4 is 30.8 Å². The molecule has 0 unspecified atom stereocenters. The van der Waals surface area contributed by atoms with E-state index in [0.29, 0.717) is 16.3 Å². The molecular weight excluding hydrogens is 312 g/mol. The number of carbonyl (C=O) groups is 2. The summed E-state index contributed by atoms with van der Waals surface area (Å²) in [6, 6.07) is 19.0. The summed E-state index contributed by atoms with van der Waals surface area (Å²) in [6.07, 6.45) is 1.57. The van der Waals surface area contributed by atoms with E-state index in [2.05, 4.69) is 19.6 Å². The van der Waals surface area contributed by atoms with Crippen molar-refractivity contribution in [3.63, 3.8) is 0 Å². The molecule has 0 bridgehead atoms. The monoisotopic (exact) mass is 332 g/mol. The summed E-state index contributed by atoms with van der Waals surface area (Å²) in [5, 5.41) is 0.700. The minimum absolute atomic E-state index is 0.00109. The highest BCUT2D eigenvalue weighted by Crippen LogP contribution is 2.36. The smallest absolute Gasteiger partial charge is 0.187 e. The van der Waals surface area contributed by atoms with Gasteiger partial charge in [-0.2, -0.15) is 0 Å². The van der Waals surface area contributed by atoms with E-state index in [1.54, 1.807) is 6.08 Å². The fourth-order valence-corrected chi connectivity index (χ4v) is 4.34. The first-order valence-corrected chi connectivity index (χ1v) is 11.6. The third-order valence-corrected chi connectivity index (χ3v) is 6.16. The van der Waals surface area contributed by atoms with Crippen LogP contribution in [0.5, 0.6) is 0 Å². The first kappa shape index (κ1) is 16.3. The van der Waals surface area contributed by atoms with E-state index in [0.717, 1.165) is 11.1 Å². The van der Waals surface area contributed by atoms with Crippen molar-refractivity contribution in [2.45, 2.75) is 19.6 Å². The largest absolute Gasteiger partial charge is 0.289 e. The Hall–Kier alpha value is -2.52. The zero-order valence-electron chi connectivity index (χ0n) is 14.2. The number of benzene rings is 2. The molecule has 24 heavy (non-hydrogen) atoms. The maximum atomic E-state index is 13.3.